The Labute approximate surface area is 136 Å². The highest BCUT2D eigenvalue weighted by atomic mass is 79.9. The van der Waals surface area contributed by atoms with Crippen LogP contribution in [0.3, 0.4) is 0 Å². The summed E-state index contributed by atoms with van der Waals surface area (Å²) in [4.78, 5) is 23.5. The number of fused-ring (bicyclic) bond motifs is 1. The van der Waals surface area contributed by atoms with Gasteiger partial charge in [-0.15, -0.1) is 0 Å². The summed E-state index contributed by atoms with van der Waals surface area (Å²) in [5.41, 5.74) is 0.769. The van der Waals surface area contributed by atoms with Crippen molar-refractivity contribution >= 4 is 59.4 Å². The van der Waals surface area contributed by atoms with E-state index < -0.39 is 5.97 Å². The number of carbonyl (C=O) groups excluding carboxylic acids is 1. The second kappa shape index (κ2) is 7.92. The summed E-state index contributed by atoms with van der Waals surface area (Å²) in [5.74, 6) is -0.406. The van der Waals surface area contributed by atoms with Crippen LogP contribution in [0.25, 0.3) is 10.2 Å². The lowest BCUT2D eigenvalue weighted by Gasteiger charge is -2.08. The maximum absolute atomic E-state index is 11.8. The first-order chi connectivity index (χ1) is 9.11. The van der Waals surface area contributed by atoms with Gasteiger partial charge in [0.05, 0.1) is 15.0 Å². The fourth-order valence-electron chi connectivity index (χ4n) is 1.57. The molecule has 20 heavy (non-hydrogen) atoms. The zero-order chi connectivity index (χ0) is 13.8. The zero-order valence-corrected chi connectivity index (χ0v) is 14.3. The van der Waals surface area contributed by atoms with Crippen molar-refractivity contribution in [2.75, 3.05) is 11.9 Å². The summed E-state index contributed by atoms with van der Waals surface area (Å²) < 4.78 is 7.42. The number of ether oxygens (including phenoxy) is 1. The van der Waals surface area contributed by atoms with Crippen LogP contribution in [0.1, 0.15) is 0 Å². The maximum atomic E-state index is 11.8. The van der Waals surface area contributed by atoms with Crippen molar-refractivity contribution in [1.29, 1.82) is 0 Å². The Balaban J connectivity index is 0.00000200. The number of thiazole rings is 1. The molecule has 0 bridgehead atoms. The van der Waals surface area contributed by atoms with E-state index in [2.05, 4.69) is 31.9 Å². The van der Waals surface area contributed by atoms with E-state index in [1.54, 1.807) is 0 Å². The topological polar surface area (TPSA) is 79.8 Å². The molecule has 0 fully saturated rings. The SMILES string of the molecule is O.O=C(Cn1c(=O)sc2ccccc21)OCC(Br)CBr. The Bertz CT molecular complexity index is 640. The third-order valence-corrected chi connectivity index (χ3v) is 5.65. The van der Waals surface area contributed by atoms with E-state index in [-0.39, 0.29) is 28.3 Å². The van der Waals surface area contributed by atoms with Crippen LogP contribution in [-0.4, -0.2) is 32.8 Å². The third kappa shape index (κ3) is 4.15. The van der Waals surface area contributed by atoms with Gasteiger partial charge < -0.3 is 10.2 Å². The average Bonchev–Trinajstić information content (AvgIpc) is 2.72. The van der Waals surface area contributed by atoms with Gasteiger partial charge in [-0.3, -0.25) is 14.2 Å². The molecule has 0 aliphatic rings. The highest BCUT2D eigenvalue weighted by Crippen LogP contribution is 2.16. The van der Waals surface area contributed by atoms with E-state index in [1.165, 1.54) is 4.57 Å². The smallest absolute Gasteiger partial charge is 0.326 e. The first-order valence-electron chi connectivity index (χ1n) is 5.56. The number of nitrogens with zero attached hydrogens (tertiary/aromatic N) is 1. The van der Waals surface area contributed by atoms with Crippen LogP contribution in [0.4, 0.5) is 0 Å². The van der Waals surface area contributed by atoms with Crippen LogP contribution in [0.2, 0.25) is 0 Å². The number of benzene rings is 1. The van der Waals surface area contributed by atoms with Gasteiger partial charge in [-0.05, 0) is 12.1 Å². The van der Waals surface area contributed by atoms with Crippen LogP contribution < -0.4 is 4.87 Å². The van der Waals surface area contributed by atoms with Crippen molar-refractivity contribution in [2.45, 2.75) is 11.4 Å². The van der Waals surface area contributed by atoms with Crippen LogP contribution in [0, 0.1) is 0 Å². The summed E-state index contributed by atoms with van der Waals surface area (Å²) in [6.45, 7) is 0.228. The Kier molecular flexibility index (Phi) is 6.87. The minimum absolute atomic E-state index is 0. The zero-order valence-electron chi connectivity index (χ0n) is 10.3. The number of alkyl halides is 2. The summed E-state index contributed by atoms with van der Waals surface area (Å²) >= 11 is 7.76. The molecule has 5 nitrogen and oxygen atoms in total. The van der Waals surface area contributed by atoms with E-state index >= 15 is 0 Å². The summed E-state index contributed by atoms with van der Waals surface area (Å²) in [7, 11) is 0. The first kappa shape index (κ1) is 17.4. The number of rotatable bonds is 5. The van der Waals surface area contributed by atoms with Gasteiger partial charge in [0.1, 0.15) is 13.2 Å². The second-order valence-electron chi connectivity index (χ2n) is 3.86. The number of esters is 1. The first-order valence-corrected chi connectivity index (χ1v) is 8.41. The molecule has 0 radical (unpaired) electrons. The Morgan fingerprint density at radius 3 is 2.80 bits per heavy atom. The van der Waals surface area contributed by atoms with E-state index in [0.29, 0.717) is 5.33 Å². The van der Waals surface area contributed by atoms with Crippen LogP contribution in [0.5, 0.6) is 0 Å². The molecule has 2 rings (SSSR count). The molecule has 1 unspecified atom stereocenters. The highest BCUT2D eigenvalue weighted by Gasteiger charge is 2.13. The minimum atomic E-state index is -0.406. The van der Waals surface area contributed by atoms with E-state index in [9.17, 15) is 9.59 Å². The molecule has 0 aliphatic carbocycles. The van der Waals surface area contributed by atoms with Crippen molar-refractivity contribution in [2.24, 2.45) is 0 Å². The molecule has 8 heteroatoms. The Morgan fingerprint density at radius 2 is 2.10 bits per heavy atom. The predicted octanol–water partition coefficient (Wildman–Crippen LogP) is 1.94. The summed E-state index contributed by atoms with van der Waals surface area (Å²) in [5, 5.41) is 0.696. The monoisotopic (exact) mass is 425 g/mol. The number of halogens is 2. The number of hydrogen-bond donors (Lipinski definition) is 0. The summed E-state index contributed by atoms with van der Waals surface area (Å²) in [6.07, 6.45) is 0. The molecule has 1 aromatic heterocycles. The largest absolute Gasteiger partial charge is 0.463 e. The Morgan fingerprint density at radius 1 is 1.40 bits per heavy atom. The molecule has 0 spiro atoms. The fourth-order valence-corrected chi connectivity index (χ4v) is 2.78. The van der Waals surface area contributed by atoms with Gasteiger partial charge in [0.2, 0.25) is 0 Å². The fraction of sp³-hybridized carbons (Fsp3) is 0.333. The maximum Gasteiger partial charge on any atom is 0.326 e. The molecule has 1 atom stereocenters. The lowest BCUT2D eigenvalue weighted by Crippen LogP contribution is -2.23. The van der Waals surface area contributed by atoms with Gasteiger partial charge in [-0.1, -0.05) is 55.3 Å². The molecular weight excluding hydrogens is 414 g/mol. The van der Waals surface area contributed by atoms with Gasteiger partial charge in [0, 0.05) is 5.33 Å². The van der Waals surface area contributed by atoms with Crippen LogP contribution >= 0.6 is 43.2 Å². The standard InChI is InChI=1S/C12H11Br2NO3S.H2O/c13-5-8(14)7-18-11(16)6-15-9-3-1-2-4-10(9)19-12(15)17;/h1-4,8H,5-7H2;1H2. The van der Waals surface area contributed by atoms with Crippen molar-refractivity contribution in [3.05, 3.63) is 33.9 Å². The molecule has 110 valence electrons. The molecule has 1 heterocycles. The third-order valence-electron chi connectivity index (χ3n) is 2.45. The van der Waals surface area contributed by atoms with Gasteiger partial charge >= 0.3 is 10.8 Å². The van der Waals surface area contributed by atoms with Gasteiger partial charge in [0.25, 0.3) is 0 Å². The molecule has 0 saturated carbocycles. The van der Waals surface area contributed by atoms with E-state index in [1.807, 2.05) is 24.3 Å². The van der Waals surface area contributed by atoms with Crippen molar-refractivity contribution in [3.8, 4) is 0 Å². The quantitative estimate of drug-likeness (QED) is 0.541. The number of aromatic nitrogens is 1. The number of hydrogen-bond acceptors (Lipinski definition) is 4. The molecule has 0 aliphatic heterocycles. The summed E-state index contributed by atoms with van der Waals surface area (Å²) in [6, 6.07) is 7.40. The van der Waals surface area contributed by atoms with Crippen molar-refractivity contribution < 1.29 is 15.0 Å². The van der Waals surface area contributed by atoms with Crippen LogP contribution in [-0.2, 0) is 16.1 Å². The van der Waals surface area contributed by atoms with E-state index in [4.69, 9.17) is 4.74 Å². The van der Waals surface area contributed by atoms with Gasteiger partial charge in [0.15, 0.2) is 0 Å². The van der Waals surface area contributed by atoms with E-state index in [0.717, 1.165) is 21.6 Å². The van der Waals surface area contributed by atoms with Crippen molar-refractivity contribution in [3.63, 3.8) is 0 Å². The van der Waals surface area contributed by atoms with Gasteiger partial charge in [-0.25, -0.2) is 0 Å². The minimum Gasteiger partial charge on any atom is -0.463 e. The molecule has 0 amide bonds. The molecule has 1 aromatic carbocycles. The predicted molar refractivity (Wildman–Crippen MR) is 87.2 cm³/mol. The second-order valence-corrected chi connectivity index (χ2v) is 6.79. The van der Waals surface area contributed by atoms with Crippen molar-refractivity contribution in [1.82, 2.24) is 4.57 Å². The molecular formula is C12H13Br2NO4S. The number of para-hydroxylation sites is 1. The lowest BCUT2D eigenvalue weighted by molar-refractivity contribution is -0.144. The normalized spacial score (nSPS) is 11.9. The average molecular weight is 427 g/mol. The lowest BCUT2D eigenvalue weighted by atomic mass is 10.3. The Hall–Kier alpha value is -0.700. The molecule has 0 saturated heterocycles. The van der Waals surface area contributed by atoms with Gasteiger partial charge in [-0.2, -0.15) is 0 Å². The van der Waals surface area contributed by atoms with Crippen LogP contribution in [0.15, 0.2) is 29.1 Å². The number of carbonyl (C=O) groups is 1. The highest BCUT2D eigenvalue weighted by molar-refractivity contribution is 9.12. The molecule has 2 aromatic rings. The molecule has 2 N–H and O–H groups in total.